The molecule has 0 N–H and O–H groups in total. The summed E-state index contributed by atoms with van der Waals surface area (Å²) in [6, 6.07) is 17.6. The number of carbonyl (C=O) groups excluding carboxylic acids is 1. The smallest absolute Gasteiger partial charge is 0.223 e. The number of aromatic nitrogens is 3. The highest BCUT2D eigenvalue weighted by Gasteiger charge is 2.25. The lowest BCUT2D eigenvalue weighted by Gasteiger charge is -2.07. The van der Waals surface area contributed by atoms with Crippen LogP contribution in [0.1, 0.15) is 38.6 Å². The first-order chi connectivity index (χ1) is 15.6. The molecule has 0 saturated heterocycles. The maximum Gasteiger partial charge on any atom is 0.223 e. The topological polar surface area (TPSA) is 126 Å². The van der Waals surface area contributed by atoms with Crippen molar-refractivity contribution in [3.63, 3.8) is 0 Å². The van der Waals surface area contributed by atoms with Crippen LogP contribution in [0.4, 0.5) is 0 Å². The molecule has 4 aromatic rings. The summed E-state index contributed by atoms with van der Waals surface area (Å²) in [5, 5.41) is 24.5. The van der Waals surface area contributed by atoms with Crippen molar-refractivity contribution < 1.29 is 14.1 Å². The van der Waals surface area contributed by atoms with Crippen LogP contribution in [-0.4, -0.2) is 20.9 Å². The molecule has 0 spiro atoms. The van der Waals surface area contributed by atoms with Crippen molar-refractivity contribution >= 4 is 17.1 Å². The van der Waals surface area contributed by atoms with Crippen LogP contribution in [0.25, 0.3) is 11.3 Å². The van der Waals surface area contributed by atoms with Gasteiger partial charge >= 0.3 is 0 Å². The molecule has 2 aromatic carbocycles. The molecule has 0 radical (unpaired) electrons. The van der Waals surface area contributed by atoms with Gasteiger partial charge in [0.15, 0.2) is 18.3 Å². The Hall–Kier alpha value is -4.34. The van der Waals surface area contributed by atoms with Crippen LogP contribution in [0.15, 0.2) is 58.4 Å². The van der Waals surface area contributed by atoms with Crippen LogP contribution in [0.2, 0.25) is 0 Å². The molecule has 32 heavy (non-hydrogen) atoms. The molecule has 0 bridgehead atoms. The summed E-state index contributed by atoms with van der Waals surface area (Å²) < 4.78 is 10.5. The molecule has 1 unspecified atom stereocenters. The maximum absolute atomic E-state index is 12.9. The summed E-state index contributed by atoms with van der Waals surface area (Å²) in [5.74, 6) is 0.0651. The fraction of sp³-hybridized carbons (Fsp3) is 0.130. The quantitative estimate of drug-likeness (QED) is 0.385. The average Bonchev–Trinajstić information content (AvgIpc) is 3.48. The summed E-state index contributed by atoms with van der Waals surface area (Å²) in [5.41, 5.74) is 2.40. The molecule has 0 amide bonds. The van der Waals surface area contributed by atoms with Gasteiger partial charge in [0.25, 0.3) is 0 Å². The van der Waals surface area contributed by atoms with E-state index in [0.717, 1.165) is 5.56 Å². The largest absolute Gasteiger partial charge is 0.485 e. The van der Waals surface area contributed by atoms with Gasteiger partial charge in [-0.1, -0.05) is 17.3 Å². The number of carbonyl (C=O) groups is 1. The fourth-order valence-electron chi connectivity index (χ4n) is 2.92. The van der Waals surface area contributed by atoms with Gasteiger partial charge in [-0.25, -0.2) is 4.98 Å². The van der Waals surface area contributed by atoms with Crippen LogP contribution in [0.5, 0.6) is 5.75 Å². The molecule has 1 atom stereocenters. The third-order valence-corrected chi connectivity index (χ3v) is 5.46. The van der Waals surface area contributed by atoms with Crippen LogP contribution in [-0.2, 0) is 6.61 Å². The predicted octanol–water partition coefficient (Wildman–Crippen LogP) is 4.44. The molecule has 2 aromatic heterocycles. The first kappa shape index (κ1) is 20.9. The van der Waals surface area contributed by atoms with Gasteiger partial charge in [0, 0.05) is 23.4 Å². The molecule has 0 aliphatic rings. The molecule has 8 nitrogen and oxygen atoms in total. The highest BCUT2D eigenvalue weighted by molar-refractivity contribution is 7.10. The molecule has 9 heteroatoms. The number of nitrogens with zero attached hydrogens (tertiary/aromatic N) is 5. The van der Waals surface area contributed by atoms with Crippen molar-refractivity contribution in [2.24, 2.45) is 0 Å². The van der Waals surface area contributed by atoms with Crippen molar-refractivity contribution in [3.8, 4) is 29.1 Å². The first-order valence-corrected chi connectivity index (χ1v) is 10.4. The number of aryl methyl sites for hydroxylation is 1. The zero-order valence-corrected chi connectivity index (χ0v) is 17.7. The lowest BCUT2D eigenvalue weighted by atomic mass is 9.99. The second kappa shape index (κ2) is 9.21. The van der Waals surface area contributed by atoms with Gasteiger partial charge in [-0.15, -0.1) is 11.3 Å². The minimum absolute atomic E-state index is 0.142. The molecule has 0 aliphatic heterocycles. The van der Waals surface area contributed by atoms with Crippen LogP contribution < -0.4 is 4.74 Å². The second-order valence-electron chi connectivity index (χ2n) is 6.73. The lowest BCUT2D eigenvalue weighted by molar-refractivity contribution is 0.0978. The van der Waals surface area contributed by atoms with Gasteiger partial charge in [0.1, 0.15) is 10.8 Å². The normalized spacial score (nSPS) is 11.3. The number of nitriles is 2. The maximum atomic E-state index is 12.9. The van der Waals surface area contributed by atoms with E-state index < -0.39 is 5.92 Å². The van der Waals surface area contributed by atoms with E-state index in [2.05, 4.69) is 27.3 Å². The van der Waals surface area contributed by atoms with Gasteiger partial charge in [-0.05, 0) is 36.4 Å². The third kappa shape index (κ3) is 4.53. The van der Waals surface area contributed by atoms with E-state index in [4.69, 9.17) is 14.5 Å². The Kier molecular flexibility index (Phi) is 6.02. The SMILES string of the molecule is Cc1nc(COc2ccc(C(=O)C(C#N)c3nc(-c4ccc(C#N)cc4)cs3)cc2)no1. The first-order valence-electron chi connectivity index (χ1n) is 9.49. The van der Waals surface area contributed by atoms with Crippen molar-refractivity contribution in [3.05, 3.63) is 81.8 Å². The molecule has 2 heterocycles. The zero-order chi connectivity index (χ0) is 22.5. The average molecular weight is 441 g/mol. The Morgan fingerprint density at radius 3 is 2.50 bits per heavy atom. The van der Waals surface area contributed by atoms with Gasteiger partial charge in [0.05, 0.1) is 23.4 Å². The highest BCUT2D eigenvalue weighted by atomic mass is 32.1. The zero-order valence-electron chi connectivity index (χ0n) is 16.8. The van der Waals surface area contributed by atoms with E-state index in [1.165, 1.54) is 11.3 Å². The van der Waals surface area contributed by atoms with Crippen molar-refractivity contribution in [1.82, 2.24) is 15.1 Å². The molecule has 0 aliphatic carbocycles. The summed E-state index contributed by atoms with van der Waals surface area (Å²) in [6.07, 6.45) is 0. The van der Waals surface area contributed by atoms with E-state index >= 15 is 0 Å². The summed E-state index contributed by atoms with van der Waals surface area (Å²) >= 11 is 1.25. The van der Waals surface area contributed by atoms with Crippen LogP contribution in [0, 0.1) is 29.6 Å². The number of thiazole rings is 1. The molecular formula is C23H15N5O3S. The minimum atomic E-state index is -1.01. The van der Waals surface area contributed by atoms with Crippen LogP contribution in [0.3, 0.4) is 0 Å². The lowest BCUT2D eigenvalue weighted by Crippen LogP contribution is -2.11. The van der Waals surface area contributed by atoms with E-state index in [0.29, 0.717) is 39.3 Å². The molecule has 0 saturated carbocycles. The number of hydrogen-bond acceptors (Lipinski definition) is 9. The van der Waals surface area contributed by atoms with Crippen molar-refractivity contribution in [1.29, 1.82) is 10.5 Å². The molecule has 4 rings (SSSR count). The standard InChI is InChI=1S/C23H15N5O3S/c1-14-26-21(28-31-14)12-30-18-8-6-17(7-9-18)22(29)19(11-25)23-27-20(13-32-23)16-4-2-15(10-24)3-5-16/h2-9,13,19H,12H2,1H3. The Morgan fingerprint density at radius 2 is 1.88 bits per heavy atom. The summed E-state index contributed by atoms with van der Waals surface area (Å²) in [7, 11) is 0. The number of Topliss-reactive ketones (excluding diaryl/α,β-unsaturated/α-hetero) is 1. The second-order valence-corrected chi connectivity index (χ2v) is 7.62. The van der Waals surface area contributed by atoms with Crippen LogP contribution >= 0.6 is 11.3 Å². The molecule has 156 valence electrons. The Balaban J connectivity index is 1.46. The van der Waals surface area contributed by atoms with E-state index in [-0.39, 0.29) is 12.4 Å². The third-order valence-electron chi connectivity index (χ3n) is 4.55. The molecular weight excluding hydrogens is 426 g/mol. The van der Waals surface area contributed by atoms with E-state index in [1.54, 1.807) is 60.8 Å². The van der Waals surface area contributed by atoms with E-state index in [9.17, 15) is 10.1 Å². The minimum Gasteiger partial charge on any atom is -0.485 e. The van der Waals surface area contributed by atoms with Crippen molar-refractivity contribution in [2.45, 2.75) is 19.4 Å². The number of benzene rings is 2. The number of hydrogen-bond donors (Lipinski definition) is 0. The molecule has 0 fully saturated rings. The number of rotatable bonds is 7. The summed E-state index contributed by atoms with van der Waals surface area (Å²) in [6.45, 7) is 1.83. The number of ketones is 1. The predicted molar refractivity (Wildman–Crippen MR) is 115 cm³/mol. The van der Waals surface area contributed by atoms with Gasteiger partial charge in [0.2, 0.25) is 11.7 Å². The highest BCUT2D eigenvalue weighted by Crippen LogP contribution is 2.29. The van der Waals surface area contributed by atoms with Gasteiger partial charge in [-0.3, -0.25) is 4.79 Å². The summed E-state index contributed by atoms with van der Waals surface area (Å²) in [4.78, 5) is 21.5. The van der Waals surface area contributed by atoms with Gasteiger partial charge in [-0.2, -0.15) is 15.5 Å². The Labute approximate surface area is 187 Å². The Bertz CT molecular complexity index is 1330. The monoisotopic (exact) mass is 441 g/mol. The van der Waals surface area contributed by atoms with E-state index in [1.807, 2.05) is 0 Å². The van der Waals surface area contributed by atoms with Crippen molar-refractivity contribution in [2.75, 3.05) is 0 Å². The van der Waals surface area contributed by atoms with Gasteiger partial charge < -0.3 is 9.26 Å². The Morgan fingerprint density at radius 1 is 1.12 bits per heavy atom. The number of ether oxygens (including phenoxy) is 1. The fourth-order valence-corrected chi connectivity index (χ4v) is 3.79.